The third kappa shape index (κ3) is 3.35. The van der Waals surface area contributed by atoms with Crippen LogP contribution in [0.3, 0.4) is 0 Å². The van der Waals surface area contributed by atoms with E-state index in [9.17, 15) is 0 Å². The number of benzene rings is 1. The molecule has 0 saturated carbocycles. The molecule has 0 aliphatic carbocycles. The van der Waals surface area contributed by atoms with Gasteiger partial charge in [0.05, 0.1) is 30.0 Å². The molecule has 0 radical (unpaired) electrons. The van der Waals surface area contributed by atoms with E-state index in [2.05, 4.69) is 10.3 Å². The summed E-state index contributed by atoms with van der Waals surface area (Å²) < 4.78 is 5.52. The van der Waals surface area contributed by atoms with Crippen LogP contribution in [0.15, 0.2) is 29.1 Å². The molecule has 90 valence electrons. The first-order valence-corrected chi connectivity index (χ1v) is 6.65. The highest BCUT2D eigenvalue weighted by molar-refractivity contribution is 7.07. The lowest BCUT2D eigenvalue weighted by molar-refractivity contribution is 0.341. The zero-order valence-corrected chi connectivity index (χ0v) is 11.0. The largest absolute Gasteiger partial charge is 0.492 e. The standard InChI is InChI=1S/C12H13ClN2OS/c1-2-16-12-4-3-9(13)5-11(12)14-6-10-7-17-8-15-10/h3-5,7-8,14H,2,6H2,1H3. The Morgan fingerprint density at radius 2 is 2.35 bits per heavy atom. The second-order valence-electron chi connectivity index (χ2n) is 3.41. The van der Waals surface area contributed by atoms with Gasteiger partial charge in [0.2, 0.25) is 0 Å². The first-order valence-electron chi connectivity index (χ1n) is 5.33. The van der Waals surface area contributed by atoms with Crippen molar-refractivity contribution in [3.63, 3.8) is 0 Å². The van der Waals surface area contributed by atoms with Gasteiger partial charge >= 0.3 is 0 Å². The Morgan fingerprint density at radius 1 is 1.47 bits per heavy atom. The van der Waals surface area contributed by atoms with Crippen LogP contribution in [-0.2, 0) is 6.54 Å². The third-order valence-corrected chi connectivity index (χ3v) is 3.06. The second kappa shape index (κ2) is 5.89. The van der Waals surface area contributed by atoms with E-state index in [0.29, 0.717) is 18.2 Å². The Morgan fingerprint density at radius 3 is 3.06 bits per heavy atom. The zero-order valence-electron chi connectivity index (χ0n) is 9.44. The Bertz CT molecular complexity index is 473. The first-order chi connectivity index (χ1) is 8.29. The predicted molar refractivity (Wildman–Crippen MR) is 72.1 cm³/mol. The molecule has 17 heavy (non-hydrogen) atoms. The number of thiazole rings is 1. The fraction of sp³-hybridized carbons (Fsp3) is 0.250. The lowest BCUT2D eigenvalue weighted by Crippen LogP contribution is -2.02. The van der Waals surface area contributed by atoms with Crippen LogP contribution in [0.25, 0.3) is 0 Å². The van der Waals surface area contributed by atoms with E-state index < -0.39 is 0 Å². The molecule has 0 atom stereocenters. The Labute approximate surface area is 109 Å². The molecular formula is C12H13ClN2OS. The summed E-state index contributed by atoms with van der Waals surface area (Å²) in [5.74, 6) is 0.812. The number of halogens is 1. The van der Waals surface area contributed by atoms with Crippen molar-refractivity contribution in [1.29, 1.82) is 0 Å². The summed E-state index contributed by atoms with van der Waals surface area (Å²) in [6, 6.07) is 5.55. The number of nitrogens with zero attached hydrogens (tertiary/aromatic N) is 1. The molecule has 0 saturated heterocycles. The molecule has 1 aromatic heterocycles. The molecule has 0 bridgehead atoms. The van der Waals surface area contributed by atoms with E-state index in [4.69, 9.17) is 16.3 Å². The van der Waals surface area contributed by atoms with Crippen LogP contribution in [0, 0.1) is 0 Å². The maximum Gasteiger partial charge on any atom is 0.142 e. The van der Waals surface area contributed by atoms with Crippen LogP contribution < -0.4 is 10.1 Å². The molecule has 0 unspecified atom stereocenters. The first kappa shape index (κ1) is 12.2. The summed E-state index contributed by atoms with van der Waals surface area (Å²) in [5.41, 5.74) is 3.73. The minimum absolute atomic E-state index is 0.632. The molecule has 0 aliphatic heterocycles. The topological polar surface area (TPSA) is 34.1 Å². The highest BCUT2D eigenvalue weighted by Gasteiger charge is 2.04. The highest BCUT2D eigenvalue weighted by atomic mass is 35.5. The molecule has 3 nitrogen and oxygen atoms in total. The maximum atomic E-state index is 5.97. The minimum atomic E-state index is 0.632. The molecule has 0 fully saturated rings. The molecule has 0 spiro atoms. The van der Waals surface area contributed by atoms with Crippen molar-refractivity contribution in [3.05, 3.63) is 39.8 Å². The number of ether oxygens (including phenoxy) is 1. The van der Waals surface area contributed by atoms with Gasteiger partial charge in [-0.05, 0) is 25.1 Å². The molecular weight excluding hydrogens is 256 g/mol. The summed E-state index contributed by atoms with van der Waals surface area (Å²) in [5, 5.41) is 5.98. The molecule has 0 amide bonds. The van der Waals surface area contributed by atoms with E-state index in [1.807, 2.05) is 36.0 Å². The summed E-state index contributed by atoms with van der Waals surface area (Å²) in [4.78, 5) is 4.21. The summed E-state index contributed by atoms with van der Waals surface area (Å²) in [6.45, 7) is 3.26. The van der Waals surface area contributed by atoms with Crippen LogP contribution in [0.5, 0.6) is 5.75 Å². The van der Waals surface area contributed by atoms with Gasteiger partial charge in [0.15, 0.2) is 0 Å². The predicted octanol–water partition coefficient (Wildman–Crippen LogP) is 3.81. The summed E-state index contributed by atoms with van der Waals surface area (Å²) >= 11 is 7.55. The lowest BCUT2D eigenvalue weighted by atomic mass is 10.3. The van der Waals surface area contributed by atoms with Gasteiger partial charge in [0.25, 0.3) is 0 Å². The van der Waals surface area contributed by atoms with Crippen molar-refractivity contribution in [2.75, 3.05) is 11.9 Å². The van der Waals surface area contributed by atoms with Gasteiger partial charge < -0.3 is 10.1 Å². The fourth-order valence-electron chi connectivity index (χ4n) is 1.43. The van der Waals surface area contributed by atoms with E-state index >= 15 is 0 Å². The average molecular weight is 269 g/mol. The summed E-state index contributed by atoms with van der Waals surface area (Å²) in [6.07, 6.45) is 0. The SMILES string of the molecule is CCOc1ccc(Cl)cc1NCc1cscn1. The van der Waals surface area contributed by atoms with Gasteiger partial charge in [-0.2, -0.15) is 0 Å². The number of hydrogen-bond acceptors (Lipinski definition) is 4. The van der Waals surface area contributed by atoms with Crippen molar-refractivity contribution in [2.45, 2.75) is 13.5 Å². The lowest BCUT2D eigenvalue weighted by Gasteiger charge is -2.11. The van der Waals surface area contributed by atoms with Gasteiger partial charge in [0, 0.05) is 10.4 Å². The van der Waals surface area contributed by atoms with Gasteiger partial charge in [-0.25, -0.2) is 4.98 Å². The summed E-state index contributed by atoms with van der Waals surface area (Å²) in [7, 11) is 0. The monoisotopic (exact) mass is 268 g/mol. The number of aromatic nitrogens is 1. The van der Waals surface area contributed by atoms with E-state index in [1.165, 1.54) is 0 Å². The molecule has 2 rings (SSSR count). The van der Waals surface area contributed by atoms with Crippen molar-refractivity contribution in [3.8, 4) is 5.75 Å². The fourth-order valence-corrected chi connectivity index (χ4v) is 2.16. The Kier molecular flexibility index (Phi) is 4.23. The third-order valence-electron chi connectivity index (χ3n) is 2.18. The normalized spacial score (nSPS) is 10.2. The van der Waals surface area contributed by atoms with Crippen LogP contribution >= 0.6 is 22.9 Å². The second-order valence-corrected chi connectivity index (χ2v) is 4.56. The molecule has 1 heterocycles. The number of anilines is 1. The Balaban J connectivity index is 2.10. The van der Waals surface area contributed by atoms with Gasteiger partial charge in [-0.1, -0.05) is 11.6 Å². The molecule has 2 aromatic rings. The average Bonchev–Trinajstić information content (AvgIpc) is 2.82. The van der Waals surface area contributed by atoms with Gasteiger partial charge in [-0.3, -0.25) is 0 Å². The van der Waals surface area contributed by atoms with Crippen molar-refractivity contribution < 1.29 is 4.74 Å². The van der Waals surface area contributed by atoms with Crippen LogP contribution in [0.2, 0.25) is 5.02 Å². The van der Waals surface area contributed by atoms with E-state index in [0.717, 1.165) is 17.1 Å². The van der Waals surface area contributed by atoms with Crippen molar-refractivity contribution in [1.82, 2.24) is 4.98 Å². The van der Waals surface area contributed by atoms with Gasteiger partial charge in [-0.15, -0.1) is 11.3 Å². The van der Waals surface area contributed by atoms with Crippen molar-refractivity contribution >= 4 is 28.6 Å². The number of hydrogen-bond donors (Lipinski definition) is 1. The number of nitrogens with one attached hydrogen (secondary N) is 1. The van der Waals surface area contributed by atoms with Crippen molar-refractivity contribution in [2.24, 2.45) is 0 Å². The smallest absolute Gasteiger partial charge is 0.142 e. The quantitative estimate of drug-likeness (QED) is 0.895. The zero-order chi connectivity index (χ0) is 12.1. The molecule has 5 heteroatoms. The minimum Gasteiger partial charge on any atom is -0.492 e. The molecule has 0 aliphatic rings. The van der Waals surface area contributed by atoms with Crippen LogP contribution in [0.1, 0.15) is 12.6 Å². The van der Waals surface area contributed by atoms with Crippen LogP contribution in [0.4, 0.5) is 5.69 Å². The molecule has 1 N–H and O–H groups in total. The van der Waals surface area contributed by atoms with Crippen LogP contribution in [-0.4, -0.2) is 11.6 Å². The molecule has 1 aromatic carbocycles. The number of rotatable bonds is 5. The highest BCUT2D eigenvalue weighted by Crippen LogP contribution is 2.28. The van der Waals surface area contributed by atoms with E-state index in [-0.39, 0.29) is 0 Å². The Hall–Kier alpha value is -1.26. The van der Waals surface area contributed by atoms with Gasteiger partial charge in [0.1, 0.15) is 5.75 Å². The maximum absolute atomic E-state index is 5.97. The van der Waals surface area contributed by atoms with E-state index in [1.54, 1.807) is 11.3 Å².